The van der Waals surface area contributed by atoms with E-state index >= 15 is 0 Å². The standard InChI is InChI=1S/C11H17ClN2O/c1-2-3-8-15-9-7-14-11-10(12)5-4-6-13-11/h4-6H,2-3,7-9H2,1H3,(H,13,14). The monoisotopic (exact) mass is 228 g/mol. The quantitative estimate of drug-likeness (QED) is 0.729. The summed E-state index contributed by atoms with van der Waals surface area (Å²) in [7, 11) is 0. The molecule has 0 fully saturated rings. The van der Waals surface area contributed by atoms with Crippen LogP contribution in [-0.4, -0.2) is 24.7 Å². The van der Waals surface area contributed by atoms with Crippen LogP contribution in [0.15, 0.2) is 18.3 Å². The Morgan fingerprint density at radius 1 is 1.47 bits per heavy atom. The van der Waals surface area contributed by atoms with E-state index in [4.69, 9.17) is 16.3 Å². The van der Waals surface area contributed by atoms with Crippen LogP contribution < -0.4 is 5.32 Å². The minimum absolute atomic E-state index is 0.644. The summed E-state index contributed by atoms with van der Waals surface area (Å²) in [6, 6.07) is 3.63. The highest BCUT2D eigenvalue weighted by Gasteiger charge is 1.98. The first-order chi connectivity index (χ1) is 7.34. The maximum absolute atomic E-state index is 5.92. The number of pyridine rings is 1. The predicted octanol–water partition coefficient (Wildman–Crippen LogP) is 2.96. The number of rotatable bonds is 7. The molecule has 0 atom stereocenters. The summed E-state index contributed by atoms with van der Waals surface area (Å²) in [5.74, 6) is 0.721. The van der Waals surface area contributed by atoms with E-state index in [-0.39, 0.29) is 0 Å². The molecule has 1 heterocycles. The number of nitrogens with one attached hydrogen (secondary N) is 1. The third-order valence-corrected chi connectivity index (χ3v) is 2.24. The Kier molecular flexibility index (Phi) is 6.12. The second-order valence-electron chi connectivity index (χ2n) is 3.23. The maximum Gasteiger partial charge on any atom is 0.144 e. The zero-order valence-corrected chi connectivity index (χ0v) is 9.76. The maximum atomic E-state index is 5.92. The molecule has 3 nitrogen and oxygen atoms in total. The zero-order chi connectivity index (χ0) is 10.9. The van der Waals surface area contributed by atoms with Gasteiger partial charge < -0.3 is 10.1 Å². The number of halogens is 1. The number of nitrogens with zero attached hydrogens (tertiary/aromatic N) is 1. The van der Waals surface area contributed by atoms with Gasteiger partial charge in [0.2, 0.25) is 0 Å². The van der Waals surface area contributed by atoms with Gasteiger partial charge in [-0.05, 0) is 18.6 Å². The predicted molar refractivity (Wildman–Crippen MR) is 63.5 cm³/mol. The number of anilines is 1. The first-order valence-electron chi connectivity index (χ1n) is 5.26. The van der Waals surface area contributed by atoms with Gasteiger partial charge in [-0.3, -0.25) is 0 Å². The van der Waals surface area contributed by atoms with Crippen molar-refractivity contribution in [3.8, 4) is 0 Å². The summed E-state index contributed by atoms with van der Waals surface area (Å²) in [6.45, 7) is 4.40. The van der Waals surface area contributed by atoms with Gasteiger partial charge in [0.25, 0.3) is 0 Å². The van der Waals surface area contributed by atoms with Crippen LogP contribution in [0.1, 0.15) is 19.8 Å². The van der Waals surface area contributed by atoms with Gasteiger partial charge in [-0.1, -0.05) is 24.9 Å². The molecule has 0 aromatic carbocycles. The van der Waals surface area contributed by atoms with Crippen molar-refractivity contribution in [1.29, 1.82) is 0 Å². The van der Waals surface area contributed by atoms with E-state index in [2.05, 4.69) is 17.2 Å². The normalized spacial score (nSPS) is 10.3. The van der Waals surface area contributed by atoms with Crippen molar-refractivity contribution < 1.29 is 4.74 Å². The van der Waals surface area contributed by atoms with Crippen molar-refractivity contribution in [2.75, 3.05) is 25.1 Å². The average molecular weight is 229 g/mol. The molecule has 0 saturated carbocycles. The Hall–Kier alpha value is -0.800. The molecule has 0 bridgehead atoms. The summed E-state index contributed by atoms with van der Waals surface area (Å²) in [6.07, 6.45) is 4.00. The molecule has 0 radical (unpaired) electrons. The van der Waals surface area contributed by atoms with Gasteiger partial charge in [0.15, 0.2) is 0 Å². The van der Waals surface area contributed by atoms with Gasteiger partial charge in [0.1, 0.15) is 5.82 Å². The second-order valence-corrected chi connectivity index (χ2v) is 3.63. The molecule has 0 aliphatic rings. The summed E-state index contributed by atoms with van der Waals surface area (Å²) >= 11 is 5.92. The molecule has 1 aromatic heterocycles. The summed E-state index contributed by atoms with van der Waals surface area (Å²) in [5, 5.41) is 3.77. The lowest BCUT2D eigenvalue weighted by molar-refractivity contribution is 0.141. The van der Waals surface area contributed by atoms with E-state index in [1.807, 2.05) is 12.1 Å². The number of ether oxygens (including phenoxy) is 1. The summed E-state index contributed by atoms with van der Waals surface area (Å²) in [4.78, 5) is 4.11. The van der Waals surface area contributed by atoms with Crippen LogP contribution in [0.4, 0.5) is 5.82 Å². The zero-order valence-electron chi connectivity index (χ0n) is 9.00. The van der Waals surface area contributed by atoms with Gasteiger partial charge in [-0.25, -0.2) is 4.98 Å². The second kappa shape index (κ2) is 7.49. The van der Waals surface area contributed by atoms with Crippen molar-refractivity contribution in [2.24, 2.45) is 0 Å². The molecule has 0 unspecified atom stereocenters. The fraction of sp³-hybridized carbons (Fsp3) is 0.545. The molecule has 0 aliphatic carbocycles. The Morgan fingerprint density at radius 3 is 3.07 bits per heavy atom. The molecule has 84 valence electrons. The first-order valence-corrected chi connectivity index (χ1v) is 5.64. The number of hydrogen-bond acceptors (Lipinski definition) is 3. The average Bonchev–Trinajstić information content (AvgIpc) is 2.25. The Morgan fingerprint density at radius 2 is 2.33 bits per heavy atom. The van der Waals surface area contributed by atoms with Gasteiger partial charge in [-0.2, -0.15) is 0 Å². The molecule has 1 rings (SSSR count). The SMILES string of the molecule is CCCCOCCNc1ncccc1Cl. The van der Waals surface area contributed by atoms with Crippen LogP contribution >= 0.6 is 11.6 Å². The lowest BCUT2D eigenvalue weighted by atomic mass is 10.4. The molecular formula is C11H17ClN2O. The van der Waals surface area contributed by atoms with Gasteiger partial charge >= 0.3 is 0 Å². The number of hydrogen-bond donors (Lipinski definition) is 1. The van der Waals surface area contributed by atoms with E-state index in [9.17, 15) is 0 Å². The van der Waals surface area contributed by atoms with Crippen molar-refractivity contribution in [3.63, 3.8) is 0 Å². The van der Waals surface area contributed by atoms with Crippen LogP contribution in [0.3, 0.4) is 0 Å². The van der Waals surface area contributed by atoms with Crippen molar-refractivity contribution >= 4 is 17.4 Å². The number of aromatic nitrogens is 1. The third kappa shape index (κ3) is 5.00. The minimum atomic E-state index is 0.644. The first kappa shape index (κ1) is 12.3. The van der Waals surface area contributed by atoms with Crippen LogP contribution in [0.2, 0.25) is 5.02 Å². The van der Waals surface area contributed by atoms with Gasteiger partial charge in [-0.15, -0.1) is 0 Å². The molecular weight excluding hydrogens is 212 g/mol. The van der Waals surface area contributed by atoms with Crippen LogP contribution in [-0.2, 0) is 4.74 Å². The van der Waals surface area contributed by atoms with E-state index in [1.165, 1.54) is 6.42 Å². The molecule has 0 amide bonds. The highest BCUT2D eigenvalue weighted by Crippen LogP contribution is 2.16. The summed E-state index contributed by atoms with van der Waals surface area (Å²) in [5.41, 5.74) is 0. The lowest BCUT2D eigenvalue weighted by Crippen LogP contribution is -2.11. The Labute approximate surface area is 95.8 Å². The van der Waals surface area contributed by atoms with E-state index < -0.39 is 0 Å². The fourth-order valence-electron chi connectivity index (χ4n) is 1.11. The van der Waals surface area contributed by atoms with E-state index in [1.54, 1.807) is 6.20 Å². The Bertz CT molecular complexity index is 281. The number of unbranched alkanes of at least 4 members (excludes halogenated alkanes) is 1. The highest BCUT2D eigenvalue weighted by molar-refractivity contribution is 6.32. The molecule has 1 N–H and O–H groups in total. The largest absolute Gasteiger partial charge is 0.380 e. The third-order valence-electron chi connectivity index (χ3n) is 1.94. The van der Waals surface area contributed by atoms with E-state index in [0.29, 0.717) is 11.6 Å². The fourth-order valence-corrected chi connectivity index (χ4v) is 1.29. The van der Waals surface area contributed by atoms with Gasteiger partial charge in [0, 0.05) is 19.3 Å². The molecule has 15 heavy (non-hydrogen) atoms. The molecule has 4 heteroatoms. The molecule has 0 saturated heterocycles. The summed E-state index contributed by atoms with van der Waals surface area (Å²) < 4.78 is 5.40. The molecule has 0 aliphatic heterocycles. The van der Waals surface area contributed by atoms with Gasteiger partial charge in [0.05, 0.1) is 11.6 Å². The van der Waals surface area contributed by atoms with Crippen molar-refractivity contribution in [2.45, 2.75) is 19.8 Å². The van der Waals surface area contributed by atoms with E-state index in [0.717, 1.165) is 25.4 Å². The van der Waals surface area contributed by atoms with Crippen molar-refractivity contribution in [3.05, 3.63) is 23.4 Å². The van der Waals surface area contributed by atoms with Crippen LogP contribution in [0, 0.1) is 0 Å². The Balaban J connectivity index is 2.12. The molecule has 1 aromatic rings. The topological polar surface area (TPSA) is 34.1 Å². The minimum Gasteiger partial charge on any atom is -0.380 e. The smallest absolute Gasteiger partial charge is 0.144 e. The van der Waals surface area contributed by atoms with Crippen LogP contribution in [0.25, 0.3) is 0 Å². The lowest BCUT2D eigenvalue weighted by Gasteiger charge is -2.07. The molecule has 0 spiro atoms. The highest BCUT2D eigenvalue weighted by atomic mass is 35.5. The van der Waals surface area contributed by atoms with Crippen LogP contribution in [0.5, 0.6) is 0 Å². The van der Waals surface area contributed by atoms with Crippen molar-refractivity contribution in [1.82, 2.24) is 4.98 Å².